The average Bonchev–Trinajstić information content (AvgIpc) is 2.96. The summed E-state index contributed by atoms with van der Waals surface area (Å²) in [7, 11) is 0. The summed E-state index contributed by atoms with van der Waals surface area (Å²) < 4.78 is 0.320. The summed E-state index contributed by atoms with van der Waals surface area (Å²) in [6.07, 6.45) is 0. The van der Waals surface area contributed by atoms with Gasteiger partial charge in [-0.3, -0.25) is 0 Å². The minimum absolute atomic E-state index is 0.0403. The number of hydrogen-bond donors (Lipinski definition) is 7. The summed E-state index contributed by atoms with van der Waals surface area (Å²) in [5.74, 6) is -1.15. The molecule has 7 N–H and O–H groups in total. The summed E-state index contributed by atoms with van der Waals surface area (Å²) >= 11 is 3.31. The third kappa shape index (κ3) is 3.98. The fourth-order valence-corrected chi connectivity index (χ4v) is 3.60. The molecule has 2 rings (SSSR count). The van der Waals surface area contributed by atoms with E-state index in [0.29, 0.717) is 44.5 Å². The second-order valence-corrected chi connectivity index (χ2v) is 6.37. The Morgan fingerprint density at radius 2 is 1.77 bits per heavy atom. The molecule has 1 aromatic carbocycles. The number of aromatic amines is 1. The monoisotopic (exact) mass is 428 g/mol. The highest BCUT2D eigenvalue weighted by atomic mass is 79.9. The predicted octanol–water partition coefficient (Wildman–Crippen LogP) is 0.701. The Morgan fingerprint density at radius 3 is 2.31 bits per heavy atom. The van der Waals surface area contributed by atoms with Crippen LogP contribution in [0.5, 0.6) is 0 Å². The molecule has 0 atom stereocenters. The van der Waals surface area contributed by atoms with Crippen LogP contribution in [0.25, 0.3) is 11.1 Å². The summed E-state index contributed by atoms with van der Waals surface area (Å²) in [5.41, 5.74) is 2.91. The number of aromatic nitrogens is 1. The number of benzene rings is 1. The summed E-state index contributed by atoms with van der Waals surface area (Å²) in [5, 5.41) is 50.2. The van der Waals surface area contributed by atoms with Gasteiger partial charge in [0.05, 0.1) is 30.9 Å². The molecule has 1 aromatic heterocycles. The van der Waals surface area contributed by atoms with Crippen molar-refractivity contribution in [2.24, 2.45) is 0 Å². The number of rotatable bonds is 9. The van der Waals surface area contributed by atoms with Crippen LogP contribution in [-0.2, 0) is 26.4 Å². The highest BCUT2D eigenvalue weighted by Crippen LogP contribution is 2.38. The molecule has 8 nitrogen and oxygen atoms in total. The molecule has 0 fully saturated rings. The lowest BCUT2D eigenvalue weighted by Crippen LogP contribution is -2.18. The van der Waals surface area contributed by atoms with E-state index < -0.39 is 5.97 Å². The van der Waals surface area contributed by atoms with Crippen LogP contribution in [0.1, 0.15) is 32.9 Å². The van der Waals surface area contributed by atoms with E-state index in [2.05, 4.69) is 26.2 Å². The van der Waals surface area contributed by atoms with E-state index in [1.54, 1.807) is 12.1 Å². The highest BCUT2D eigenvalue weighted by Gasteiger charge is 2.24. The smallest absolute Gasteiger partial charge is 0.353 e. The Bertz CT molecular complexity index is 790. The van der Waals surface area contributed by atoms with Crippen molar-refractivity contribution in [3.05, 3.63) is 44.7 Å². The summed E-state index contributed by atoms with van der Waals surface area (Å²) in [6, 6.07) is 3.30. The van der Waals surface area contributed by atoms with Crippen molar-refractivity contribution in [2.45, 2.75) is 26.4 Å². The number of halogens is 1. The maximum absolute atomic E-state index is 11.5. The molecule has 26 heavy (non-hydrogen) atoms. The van der Waals surface area contributed by atoms with Gasteiger partial charge >= 0.3 is 5.97 Å². The third-order valence-electron chi connectivity index (χ3n) is 4.10. The molecule has 9 heteroatoms. The largest absolute Gasteiger partial charge is 0.477 e. The lowest BCUT2D eigenvalue weighted by Gasteiger charge is -2.16. The first kappa shape index (κ1) is 20.6. The number of carboxylic acids is 1. The minimum Gasteiger partial charge on any atom is -0.477 e. The summed E-state index contributed by atoms with van der Waals surface area (Å²) in [6.45, 7) is -0.513. The van der Waals surface area contributed by atoms with Gasteiger partial charge in [-0.05, 0) is 38.2 Å². The molecule has 0 radical (unpaired) electrons. The standard InChI is InChI=1S/C17H21BrN2O6/c18-15-14(13(5-19-3-4-21)20-16(15)17(25)26)10-2-1-9(6-22)11(7-23)12(10)8-24/h1-2,19-24H,3-8H2,(H,25,26). The Labute approximate surface area is 158 Å². The summed E-state index contributed by atoms with van der Waals surface area (Å²) in [4.78, 5) is 14.3. The van der Waals surface area contributed by atoms with Crippen molar-refractivity contribution < 1.29 is 30.3 Å². The van der Waals surface area contributed by atoms with E-state index in [1.807, 2.05) is 0 Å². The zero-order chi connectivity index (χ0) is 19.3. The van der Waals surface area contributed by atoms with Crippen LogP contribution in [0.15, 0.2) is 16.6 Å². The van der Waals surface area contributed by atoms with E-state index in [0.717, 1.165) is 0 Å². The normalized spacial score (nSPS) is 11.1. The zero-order valence-corrected chi connectivity index (χ0v) is 15.5. The first-order chi connectivity index (χ1) is 12.5. The highest BCUT2D eigenvalue weighted by molar-refractivity contribution is 9.10. The van der Waals surface area contributed by atoms with Crippen LogP contribution >= 0.6 is 15.9 Å². The molecule has 0 aliphatic rings. The van der Waals surface area contributed by atoms with Gasteiger partial charge in [0.2, 0.25) is 0 Å². The van der Waals surface area contributed by atoms with Gasteiger partial charge in [-0.1, -0.05) is 12.1 Å². The molecular weight excluding hydrogens is 408 g/mol. The fraction of sp³-hybridized carbons (Fsp3) is 0.353. The van der Waals surface area contributed by atoms with Gasteiger partial charge in [0.15, 0.2) is 0 Å². The van der Waals surface area contributed by atoms with Gasteiger partial charge < -0.3 is 35.8 Å². The lowest BCUT2D eigenvalue weighted by molar-refractivity contribution is 0.0690. The number of H-pyrrole nitrogens is 1. The van der Waals surface area contributed by atoms with Gasteiger partial charge in [0.25, 0.3) is 0 Å². The first-order valence-corrected chi connectivity index (χ1v) is 8.71. The van der Waals surface area contributed by atoms with E-state index in [-0.39, 0.29) is 38.7 Å². The first-order valence-electron chi connectivity index (χ1n) is 7.91. The van der Waals surface area contributed by atoms with Crippen LogP contribution < -0.4 is 5.32 Å². The number of carbonyl (C=O) groups is 1. The number of carboxylic acid groups (broad SMARTS) is 1. The molecule has 142 valence electrons. The van der Waals surface area contributed by atoms with Crippen molar-refractivity contribution in [2.75, 3.05) is 13.2 Å². The maximum Gasteiger partial charge on any atom is 0.353 e. The third-order valence-corrected chi connectivity index (χ3v) is 4.90. The molecule has 0 aliphatic heterocycles. The van der Waals surface area contributed by atoms with Gasteiger partial charge in [-0.25, -0.2) is 4.79 Å². The second kappa shape index (κ2) is 9.26. The topological polar surface area (TPSA) is 146 Å². The molecule has 0 amide bonds. The Morgan fingerprint density at radius 1 is 1.08 bits per heavy atom. The van der Waals surface area contributed by atoms with Gasteiger partial charge in [0.1, 0.15) is 5.69 Å². The van der Waals surface area contributed by atoms with Gasteiger partial charge in [0, 0.05) is 24.3 Å². The van der Waals surface area contributed by atoms with Crippen LogP contribution in [0.2, 0.25) is 0 Å². The molecule has 0 aliphatic carbocycles. The average molecular weight is 429 g/mol. The Hall–Kier alpha value is -1.75. The predicted molar refractivity (Wildman–Crippen MR) is 97.4 cm³/mol. The van der Waals surface area contributed by atoms with Crippen LogP contribution in [0.3, 0.4) is 0 Å². The van der Waals surface area contributed by atoms with Crippen molar-refractivity contribution >= 4 is 21.9 Å². The molecule has 0 saturated heterocycles. The van der Waals surface area contributed by atoms with Crippen LogP contribution in [0, 0.1) is 0 Å². The van der Waals surface area contributed by atoms with E-state index in [1.165, 1.54) is 0 Å². The zero-order valence-electron chi connectivity index (χ0n) is 13.9. The molecule has 0 bridgehead atoms. The van der Waals surface area contributed by atoms with E-state index in [9.17, 15) is 25.2 Å². The Balaban J connectivity index is 2.68. The fourth-order valence-electron chi connectivity index (χ4n) is 2.88. The van der Waals surface area contributed by atoms with Gasteiger partial charge in [-0.2, -0.15) is 0 Å². The number of hydrogen-bond acceptors (Lipinski definition) is 6. The SMILES string of the molecule is O=C(O)c1[nH]c(CNCCO)c(-c2ccc(CO)c(CO)c2CO)c1Br. The van der Waals surface area contributed by atoms with Crippen LogP contribution in [-0.4, -0.2) is 49.6 Å². The molecule has 0 spiro atoms. The number of aliphatic hydroxyl groups excluding tert-OH is 4. The van der Waals surface area contributed by atoms with E-state index >= 15 is 0 Å². The van der Waals surface area contributed by atoms with Crippen molar-refractivity contribution in [3.63, 3.8) is 0 Å². The maximum atomic E-state index is 11.5. The van der Waals surface area contributed by atoms with Crippen molar-refractivity contribution in [1.82, 2.24) is 10.3 Å². The van der Waals surface area contributed by atoms with E-state index in [4.69, 9.17) is 5.11 Å². The molecule has 0 unspecified atom stereocenters. The quantitative estimate of drug-likeness (QED) is 0.291. The molecular formula is C17H21BrN2O6. The second-order valence-electron chi connectivity index (χ2n) is 5.58. The number of aliphatic hydroxyl groups is 4. The Kier molecular flexibility index (Phi) is 7.33. The molecule has 1 heterocycles. The molecule has 2 aromatic rings. The minimum atomic E-state index is -1.15. The number of aromatic carboxylic acids is 1. The number of nitrogens with one attached hydrogen (secondary N) is 2. The lowest BCUT2D eigenvalue weighted by atomic mass is 9.92. The van der Waals surface area contributed by atoms with Crippen molar-refractivity contribution in [1.29, 1.82) is 0 Å². The molecule has 0 saturated carbocycles. The van der Waals surface area contributed by atoms with Gasteiger partial charge in [-0.15, -0.1) is 0 Å². The van der Waals surface area contributed by atoms with Crippen LogP contribution in [0.4, 0.5) is 0 Å². The van der Waals surface area contributed by atoms with Crippen molar-refractivity contribution in [3.8, 4) is 11.1 Å².